The average molecular weight is 348 g/mol. The summed E-state index contributed by atoms with van der Waals surface area (Å²) in [5, 5.41) is 0. The molecule has 1 aliphatic rings. The van der Waals surface area contributed by atoms with E-state index >= 15 is 0 Å². The molecule has 122 valence electrons. The summed E-state index contributed by atoms with van der Waals surface area (Å²) in [5.41, 5.74) is 6.54. The quantitative estimate of drug-likeness (QED) is 0.455. The van der Waals surface area contributed by atoms with Crippen LogP contribution in [-0.2, 0) is 20.6 Å². The predicted molar refractivity (Wildman–Crippen MR) is 84.4 cm³/mol. The summed E-state index contributed by atoms with van der Waals surface area (Å²) in [4.78, 5) is 34.9. The van der Waals surface area contributed by atoms with Crippen LogP contribution >= 0.6 is 12.4 Å². The van der Waals surface area contributed by atoms with Gasteiger partial charge in [0, 0.05) is 6.54 Å². The molecule has 0 saturated heterocycles. The molecule has 22 heavy (non-hydrogen) atoms. The molecule has 0 aliphatic heterocycles. The highest BCUT2D eigenvalue weighted by molar-refractivity contribution is 6.22. The lowest BCUT2D eigenvalue weighted by Gasteiger charge is -1.90. The molecular formula is C13H18ClNO6Si. The van der Waals surface area contributed by atoms with Gasteiger partial charge in [-0.2, -0.15) is 0 Å². The molecule has 1 aliphatic carbocycles. The maximum atomic E-state index is 10.3. The van der Waals surface area contributed by atoms with Gasteiger partial charge >= 0.3 is 9.17 Å². The number of rotatable bonds is 1. The van der Waals surface area contributed by atoms with Gasteiger partial charge < -0.3 is 20.8 Å². The fourth-order valence-corrected chi connectivity index (χ4v) is 1.05. The lowest BCUT2D eigenvalue weighted by atomic mass is 10.2. The van der Waals surface area contributed by atoms with Gasteiger partial charge in [0.1, 0.15) is 0 Å². The van der Waals surface area contributed by atoms with E-state index < -0.39 is 9.17 Å². The Morgan fingerprint density at radius 3 is 1.45 bits per heavy atom. The van der Waals surface area contributed by atoms with Crippen molar-refractivity contribution in [3.05, 3.63) is 60.2 Å². The standard InChI is InChI=1S/C7H9N.C6H4O2.ClH.H2O3Si.H2O/c8-6-7-4-2-1-3-5-7;7-5-1-2-6(8)4-3-5;;1-4(2)3;/h1-5H,6,8H2;1-4H;1H;1-2H;1H2. The maximum Gasteiger partial charge on any atom is 0.761 e. The Labute approximate surface area is 135 Å². The minimum atomic E-state index is -3.13. The van der Waals surface area contributed by atoms with E-state index in [1.165, 1.54) is 29.9 Å². The molecule has 0 atom stereocenters. The average Bonchev–Trinajstić information content (AvgIpc) is 2.43. The molecule has 0 radical (unpaired) electrons. The first-order valence-corrected chi connectivity index (χ1v) is 6.86. The van der Waals surface area contributed by atoms with Gasteiger partial charge in [0.15, 0.2) is 11.6 Å². The third kappa shape index (κ3) is 15.9. The molecule has 6 N–H and O–H groups in total. The van der Waals surface area contributed by atoms with Gasteiger partial charge in [0.05, 0.1) is 0 Å². The smallest absolute Gasteiger partial charge is 0.511 e. The van der Waals surface area contributed by atoms with Crippen molar-refractivity contribution in [1.29, 1.82) is 0 Å². The molecular weight excluding hydrogens is 330 g/mol. The van der Waals surface area contributed by atoms with E-state index in [9.17, 15) is 9.59 Å². The first-order chi connectivity index (χ1) is 9.45. The molecule has 0 saturated carbocycles. The Balaban J connectivity index is -0.000000249. The number of benzene rings is 1. The van der Waals surface area contributed by atoms with Crippen molar-refractivity contribution in [2.24, 2.45) is 5.73 Å². The molecule has 0 unspecified atom stereocenters. The Morgan fingerprint density at radius 1 is 0.909 bits per heavy atom. The summed E-state index contributed by atoms with van der Waals surface area (Å²) >= 11 is 0. The maximum absolute atomic E-state index is 10.3. The number of hydrogen-bond acceptors (Lipinski definition) is 4. The summed E-state index contributed by atoms with van der Waals surface area (Å²) in [6, 6.07) is 9.99. The lowest BCUT2D eigenvalue weighted by Crippen LogP contribution is -1.97. The number of nitrogens with two attached hydrogens (primary N) is 1. The van der Waals surface area contributed by atoms with Crippen LogP contribution < -0.4 is 5.73 Å². The molecule has 1 aromatic carbocycles. The number of carbonyl (C=O) groups is 2. The Hall–Kier alpha value is -2.13. The SMILES string of the molecule is Cl.NCc1ccccc1.O.O=C1C=CC(=O)C=C1.O=[Si](O)O. The molecule has 0 amide bonds. The van der Waals surface area contributed by atoms with E-state index in [2.05, 4.69) is 0 Å². The van der Waals surface area contributed by atoms with Crippen molar-refractivity contribution in [2.45, 2.75) is 6.54 Å². The summed E-state index contributed by atoms with van der Waals surface area (Å²) in [6.07, 6.45) is 5.01. The van der Waals surface area contributed by atoms with E-state index in [0.717, 1.165) is 0 Å². The molecule has 0 bridgehead atoms. The van der Waals surface area contributed by atoms with Gasteiger partial charge in [-0.1, -0.05) is 30.3 Å². The first-order valence-electron chi connectivity index (χ1n) is 5.55. The van der Waals surface area contributed by atoms with Crippen LogP contribution in [0.4, 0.5) is 0 Å². The third-order valence-corrected chi connectivity index (χ3v) is 1.90. The van der Waals surface area contributed by atoms with Crippen LogP contribution in [0.25, 0.3) is 0 Å². The predicted octanol–water partition coefficient (Wildman–Crippen LogP) is -0.621. The number of hydrogen-bond donors (Lipinski definition) is 3. The van der Waals surface area contributed by atoms with Gasteiger partial charge in [0.25, 0.3) is 0 Å². The minimum Gasteiger partial charge on any atom is -0.511 e. The van der Waals surface area contributed by atoms with Crippen LogP contribution in [0, 0.1) is 0 Å². The van der Waals surface area contributed by atoms with Crippen LogP contribution in [0.2, 0.25) is 0 Å². The summed E-state index contributed by atoms with van der Waals surface area (Å²) in [6.45, 7) is 0.640. The second-order valence-corrected chi connectivity index (χ2v) is 4.01. The van der Waals surface area contributed by atoms with Crippen LogP contribution in [0.5, 0.6) is 0 Å². The van der Waals surface area contributed by atoms with Gasteiger partial charge in [-0.05, 0) is 29.9 Å². The van der Waals surface area contributed by atoms with E-state index in [1.54, 1.807) is 0 Å². The van der Waals surface area contributed by atoms with E-state index in [0.29, 0.717) is 6.54 Å². The Bertz CT molecular complexity index is 477. The van der Waals surface area contributed by atoms with Gasteiger partial charge in [-0.25, -0.2) is 0 Å². The largest absolute Gasteiger partial charge is 0.761 e. The van der Waals surface area contributed by atoms with E-state index in [4.69, 9.17) is 19.8 Å². The number of halogens is 1. The molecule has 0 aromatic heterocycles. The molecule has 9 heteroatoms. The van der Waals surface area contributed by atoms with Gasteiger partial charge in [-0.3, -0.25) is 14.1 Å². The number of allylic oxidation sites excluding steroid dienone is 4. The van der Waals surface area contributed by atoms with Crippen molar-refractivity contribution in [3.8, 4) is 0 Å². The minimum absolute atomic E-state index is 0. The van der Waals surface area contributed by atoms with Crippen LogP contribution in [0.3, 0.4) is 0 Å². The zero-order chi connectivity index (χ0) is 15.4. The number of ketones is 2. The monoisotopic (exact) mass is 347 g/mol. The molecule has 2 rings (SSSR count). The summed E-state index contributed by atoms with van der Waals surface area (Å²) in [7, 11) is -3.13. The molecule has 7 nitrogen and oxygen atoms in total. The molecule has 0 spiro atoms. The highest BCUT2D eigenvalue weighted by atomic mass is 35.5. The van der Waals surface area contributed by atoms with Gasteiger partial charge in [0.2, 0.25) is 0 Å². The van der Waals surface area contributed by atoms with Crippen molar-refractivity contribution in [2.75, 3.05) is 0 Å². The summed E-state index contributed by atoms with van der Waals surface area (Å²) < 4.78 is 8.74. The third-order valence-electron chi connectivity index (χ3n) is 1.90. The fraction of sp³-hybridized carbons (Fsp3) is 0.0769. The van der Waals surface area contributed by atoms with E-state index in [-0.39, 0.29) is 29.4 Å². The van der Waals surface area contributed by atoms with Crippen molar-refractivity contribution >= 4 is 33.1 Å². The van der Waals surface area contributed by atoms with Crippen molar-refractivity contribution in [3.63, 3.8) is 0 Å². The zero-order valence-corrected chi connectivity index (χ0v) is 13.3. The second kappa shape index (κ2) is 15.3. The zero-order valence-electron chi connectivity index (χ0n) is 11.5. The number of carbonyl (C=O) groups excluding carboxylic acids is 2. The van der Waals surface area contributed by atoms with Crippen LogP contribution in [0.1, 0.15) is 5.56 Å². The second-order valence-electron chi connectivity index (χ2n) is 3.44. The topological polar surface area (TPSA) is 149 Å². The Morgan fingerprint density at radius 2 is 1.23 bits per heavy atom. The lowest BCUT2D eigenvalue weighted by molar-refractivity contribution is -0.113. The summed E-state index contributed by atoms with van der Waals surface area (Å²) in [5.74, 6) is -0.241. The molecule has 0 fully saturated rings. The molecule has 1 aromatic rings. The van der Waals surface area contributed by atoms with E-state index in [1.807, 2.05) is 30.3 Å². The first kappa shape index (κ1) is 24.9. The highest BCUT2D eigenvalue weighted by Crippen LogP contribution is 1.94. The van der Waals surface area contributed by atoms with Crippen molar-refractivity contribution < 1.29 is 29.1 Å². The highest BCUT2D eigenvalue weighted by Gasteiger charge is 1.97. The van der Waals surface area contributed by atoms with Gasteiger partial charge in [-0.15, -0.1) is 12.4 Å². The Kier molecular flexibility index (Phi) is 17.2. The van der Waals surface area contributed by atoms with Crippen LogP contribution in [0.15, 0.2) is 54.6 Å². The van der Waals surface area contributed by atoms with Crippen LogP contribution in [-0.4, -0.2) is 35.8 Å². The normalized spacial score (nSPS) is 10.8. The fourth-order valence-electron chi connectivity index (χ4n) is 1.05. The van der Waals surface area contributed by atoms with Crippen molar-refractivity contribution in [1.82, 2.24) is 0 Å². The molecule has 0 heterocycles.